The number of fused-ring (bicyclic) bond motifs is 1. The lowest BCUT2D eigenvalue weighted by molar-refractivity contribution is -0.137. The van der Waals surface area contributed by atoms with Crippen molar-refractivity contribution in [3.8, 4) is 11.4 Å². The van der Waals surface area contributed by atoms with Crippen LogP contribution in [0.1, 0.15) is 70.6 Å². The number of H-pyrrole nitrogens is 1. The van der Waals surface area contributed by atoms with E-state index in [1.54, 1.807) is 37.8 Å². The first-order valence-corrected chi connectivity index (χ1v) is 13.2. The Morgan fingerprint density at radius 2 is 1.92 bits per heavy atom. The predicted molar refractivity (Wildman–Crippen MR) is 140 cm³/mol. The first-order valence-electron chi connectivity index (χ1n) is 12.8. The van der Waals surface area contributed by atoms with E-state index in [4.69, 9.17) is 21.3 Å². The lowest BCUT2D eigenvalue weighted by atomic mass is 9.90. The van der Waals surface area contributed by atoms with Gasteiger partial charge >= 0.3 is 6.09 Å². The maximum atomic E-state index is 13.7. The molecule has 0 spiro atoms. The van der Waals surface area contributed by atoms with E-state index < -0.39 is 23.8 Å². The molecule has 2 aromatic rings. The molecule has 2 amide bonds. The minimum atomic E-state index is -0.849. The van der Waals surface area contributed by atoms with Crippen molar-refractivity contribution >= 4 is 23.6 Å². The Bertz CT molecular complexity index is 1210. The van der Waals surface area contributed by atoms with Crippen LogP contribution in [0.5, 0.6) is 0 Å². The summed E-state index contributed by atoms with van der Waals surface area (Å²) in [7, 11) is 0. The number of hydrogen-bond acceptors (Lipinski definition) is 6. The standard InChI is InChI=1S/C27H35ClN4O5/c1-5-6-7-17-13-31(25(35)21-12-19(33)14-32(21)26(36)37-27(2,3)4)15-20-22(17)29-23(30-24(20)34)16-8-10-18(28)11-9-16/h8-11,17,19,21,33H,5-7,12-15H2,1-4H3,(H,29,30,34)/t17?,19-,21-/m0/s1. The monoisotopic (exact) mass is 530 g/mol. The van der Waals surface area contributed by atoms with Crippen LogP contribution >= 0.6 is 11.6 Å². The minimum absolute atomic E-state index is 0.0294. The van der Waals surface area contributed by atoms with Gasteiger partial charge in [-0.25, -0.2) is 9.78 Å². The maximum Gasteiger partial charge on any atom is 0.411 e. The van der Waals surface area contributed by atoms with Crippen LogP contribution in [0.3, 0.4) is 0 Å². The molecule has 1 fully saturated rings. The van der Waals surface area contributed by atoms with Crippen LogP contribution in [-0.2, 0) is 16.1 Å². The number of unbranched alkanes of at least 4 members (excludes halogenated alkanes) is 1. The third kappa shape index (κ3) is 6.15. The van der Waals surface area contributed by atoms with Gasteiger partial charge in [0.25, 0.3) is 5.56 Å². The van der Waals surface area contributed by atoms with Crippen molar-refractivity contribution in [1.82, 2.24) is 19.8 Å². The highest BCUT2D eigenvalue weighted by Crippen LogP contribution is 2.32. The summed E-state index contributed by atoms with van der Waals surface area (Å²) < 4.78 is 5.48. The maximum absolute atomic E-state index is 13.7. The number of amides is 2. The van der Waals surface area contributed by atoms with Crippen LogP contribution in [-0.4, -0.2) is 67.7 Å². The smallest absolute Gasteiger partial charge is 0.411 e. The molecule has 2 N–H and O–H groups in total. The molecule has 0 bridgehead atoms. The molecule has 0 saturated carbocycles. The molecule has 1 saturated heterocycles. The summed E-state index contributed by atoms with van der Waals surface area (Å²) >= 11 is 6.02. The third-order valence-corrected chi connectivity index (χ3v) is 7.00. The second-order valence-electron chi connectivity index (χ2n) is 10.9. The van der Waals surface area contributed by atoms with Crippen LogP contribution < -0.4 is 5.56 Å². The lowest BCUT2D eigenvalue weighted by Crippen LogP contribution is -2.51. The molecule has 3 atom stereocenters. The Hall–Kier alpha value is -2.91. The van der Waals surface area contributed by atoms with Gasteiger partial charge in [-0.1, -0.05) is 31.4 Å². The van der Waals surface area contributed by atoms with E-state index >= 15 is 0 Å². The van der Waals surface area contributed by atoms with Crippen molar-refractivity contribution in [2.24, 2.45) is 0 Å². The van der Waals surface area contributed by atoms with Gasteiger partial charge in [-0.05, 0) is 51.5 Å². The molecular weight excluding hydrogens is 496 g/mol. The van der Waals surface area contributed by atoms with Gasteiger partial charge < -0.3 is 19.7 Å². The first kappa shape index (κ1) is 27.1. The van der Waals surface area contributed by atoms with Crippen molar-refractivity contribution in [2.45, 2.75) is 83.6 Å². The van der Waals surface area contributed by atoms with Crippen LogP contribution in [0.2, 0.25) is 5.02 Å². The summed E-state index contributed by atoms with van der Waals surface area (Å²) in [5.74, 6) is 0.0507. The van der Waals surface area contributed by atoms with Gasteiger partial charge in [0.1, 0.15) is 17.5 Å². The minimum Gasteiger partial charge on any atom is -0.444 e. The summed E-state index contributed by atoms with van der Waals surface area (Å²) in [5.41, 5.74) is 0.908. The summed E-state index contributed by atoms with van der Waals surface area (Å²) in [5, 5.41) is 10.9. The number of benzene rings is 1. The molecule has 0 aliphatic carbocycles. The summed E-state index contributed by atoms with van der Waals surface area (Å²) in [6.07, 6.45) is 1.34. The van der Waals surface area contributed by atoms with E-state index in [0.29, 0.717) is 28.6 Å². The Morgan fingerprint density at radius 3 is 2.57 bits per heavy atom. The summed E-state index contributed by atoms with van der Waals surface area (Å²) in [6, 6.07) is 6.26. The first-order chi connectivity index (χ1) is 17.5. The van der Waals surface area contributed by atoms with Crippen molar-refractivity contribution in [2.75, 3.05) is 13.1 Å². The molecule has 1 unspecified atom stereocenters. The fourth-order valence-electron chi connectivity index (χ4n) is 4.99. The lowest BCUT2D eigenvalue weighted by Gasteiger charge is -2.36. The van der Waals surface area contributed by atoms with Crippen molar-refractivity contribution < 1.29 is 19.4 Å². The number of carbonyl (C=O) groups is 2. The number of aromatic amines is 1. The highest BCUT2D eigenvalue weighted by atomic mass is 35.5. The van der Waals surface area contributed by atoms with Crippen LogP contribution in [0, 0.1) is 0 Å². The Kier molecular flexibility index (Phi) is 7.94. The van der Waals surface area contributed by atoms with Crippen molar-refractivity contribution in [1.29, 1.82) is 0 Å². The van der Waals surface area contributed by atoms with E-state index in [1.165, 1.54) is 4.90 Å². The fraction of sp³-hybridized carbons (Fsp3) is 0.556. The fourth-order valence-corrected chi connectivity index (χ4v) is 5.11. The number of nitrogens with zero attached hydrogens (tertiary/aromatic N) is 3. The van der Waals surface area contributed by atoms with Gasteiger partial charge in [-0.3, -0.25) is 14.5 Å². The van der Waals surface area contributed by atoms with E-state index in [9.17, 15) is 19.5 Å². The number of carbonyl (C=O) groups excluding carboxylic acids is 2. The Labute approximate surface area is 221 Å². The number of aliphatic hydroxyl groups excluding tert-OH is 1. The molecule has 200 valence electrons. The number of halogens is 1. The number of hydrogen-bond donors (Lipinski definition) is 2. The average molecular weight is 531 g/mol. The topological polar surface area (TPSA) is 116 Å². The van der Waals surface area contributed by atoms with Gasteiger partial charge in [0, 0.05) is 29.5 Å². The van der Waals surface area contributed by atoms with Crippen LogP contribution in [0.15, 0.2) is 29.1 Å². The molecule has 2 aliphatic heterocycles. The SMILES string of the molecule is CCCCC1CN(C(=O)[C@@H]2C[C@H](O)CN2C(=O)OC(C)(C)C)Cc2c1nc(-c1ccc(Cl)cc1)[nH]c2=O. The second-order valence-corrected chi connectivity index (χ2v) is 11.3. The van der Waals surface area contributed by atoms with E-state index in [2.05, 4.69) is 11.9 Å². The zero-order valence-corrected chi connectivity index (χ0v) is 22.5. The van der Waals surface area contributed by atoms with Gasteiger partial charge in [-0.15, -0.1) is 0 Å². The molecule has 2 aliphatic rings. The third-order valence-electron chi connectivity index (χ3n) is 6.75. The number of β-amino-alcohol motifs (C(OH)–C–C–N with tert-alkyl or cyclic N) is 1. The molecule has 9 nitrogen and oxygen atoms in total. The van der Waals surface area contributed by atoms with Crippen LogP contribution in [0.4, 0.5) is 4.79 Å². The zero-order chi connectivity index (χ0) is 26.9. The molecule has 1 aromatic carbocycles. The average Bonchev–Trinajstić information content (AvgIpc) is 3.23. The number of likely N-dealkylation sites (tertiary alicyclic amines) is 1. The second kappa shape index (κ2) is 10.8. The molecular formula is C27H35ClN4O5. The largest absolute Gasteiger partial charge is 0.444 e. The van der Waals surface area contributed by atoms with Gasteiger partial charge in [0.05, 0.1) is 30.5 Å². The van der Waals surface area contributed by atoms with E-state index in [1.807, 2.05) is 12.1 Å². The number of aliphatic hydroxyl groups is 1. The molecule has 4 rings (SSSR count). The number of ether oxygens (including phenoxy) is 1. The zero-order valence-electron chi connectivity index (χ0n) is 21.8. The summed E-state index contributed by atoms with van der Waals surface area (Å²) in [4.78, 5) is 50.4. The number of aromatic nitrogens is 2. The molecule has 10 heteroatoms. The van der Waals surface area contributed by atoms with Crippen LogP contribution in [0.25, 0.3) is 11.4 Å². The normalized spacial score (nSPS) is 21.6. The van der Waals surface area contributed by atoms with Gasteiger partial charge in [0.15, 0.2) is 0 Å². The van der Waals surface area contributed by atoms with Crippen molar-refractivity contribution in [3.63, 3.8) is 0 Å². The molecule has 0 radical (unpaired) electrons. The van der Waals surface area contributed by atoms with E-state index in [-0.39, 0.29) is 36.9 Å². The highest BCUT2D eigenvalue weighted by Gasteiger charge is 2.44. The van der Waals surface area contributed by atoms with Gasteiger partial charge in [-0.2, -0.15) is 0 Å². The number of nitrogens with one attached hydrogen (secondary N) is 1. The quantitative estimate of drug-likeness (QED) is 0.602. The highest BCUT2D eigenvalue weighted by molar-refractivity contribution is 6.30. The van der Waals surface area contributed by atoms with E-state index in [0.717, 1.165) is 24.8 Å². The molecule has 3 heterocycles. The molecule has 37 heavy (non-hydrogen) atoms. The number of rotatable bonds is 5. The Morgan fingerprint density at radius 1 is 1.22 bits per heavy atom. The molecule has 1 aromatic heterocycles. The predicted octanol–water partition coefficient (Wildman–Crippen LogP) is 4.08. The van der Waals surface area contributed by atoms with Crippen molar-refractivity contribution in [3.05, 3.63) is 50.9 Å². The Balaban J connectivity index is 1.64. The summed E-state index contributed by atoms with van der Waals surface area (Å²) in [6.45, 7) is 7.87. The van der Waals surface area contributed by atoms with Gasteiger partial charge in [0.2, 0.25) is 5.91 Å².